The van der Waals surface area contributed by atoms with Gasteiger partial charge in [-0.05, 0) is 18.2 Å². The van der Waals surface area contributed by atoms with Gasteiger partial charge in [0.05, 0.1) is 23.7 Å². The number of para-hydroxylation sites is 1. The molecule has 0 aliphatic rings. The lowest BCUT2D eigenvalue weighted by molar-refractivity contribution is 0.0704. The molecule has 4 rings (SSSR count). The standard InChI is InChI=1S/C21H14F2N2O6S/c1-30-17-10(3-2-4-13(17)23)8-31-11-5-6-12(22)15(7-11)25-19(26)16-14(24-21(25)29)9-32-18(16)20(27)28/h2-7,9H,8H2,1H3,(H,24,29)(H,27,28). The molecule has 32 heavy (non-hydrogen) atoms. The molecule has 0 aliphatic heterocycles. The predicted octanol–water partition coefficient (Wildman–Crippen LogP) is 3.30. The van der Waals surface area contributed by atoms with Gasteiger partial charge < -0.3 is 19.6 Å². The fraction of sp³-hybridized carbons (Fsp3) is 0.0952. The number of methoxy groups -OCH3 is 1. The van der Waals surface area contributed by atoms with Crippen LogP contribution >= 0.6 is 11.3 Å². The number of aromatic carboxylic acids is 1. The molecule has 0 spiro atoms. The van der Waals surface area contributed by atoms with Crippen LogP contribution in [0.3, 0.4) is 0 Å². The van der Waals surface area contributed by atoms with Gasteiger partial charge >= 0.3 is 11.7 Å². The first-order valence-electron chi connectivity index (χ1n) is 9.05. The van der Waals surface area contributed by atoms with Gasteiger partial charge in [-0.25, -0.2) is 22.9 Å². The van der Waals surface area contributed by atoms with Gasteiger partial charge in [0.25, 0.3) is 5.56 Å². The van der Waals surface area contributed by atoms with Crippen LogP contribution in [0.5, 0.6) is 11.5 Å². The largest absolute Gasteiger partial charge is 0.493 e. The number of halogens is 2. The molecule has 11 heteroatoms. The van der Waals surface area contributed by atoms with Crippen LogP contribution in [0.1, 0.15) is 15.2 Å². The second-order valence-electron chi connectivity index (χ2n) is 6.56. The number of aromatic nitrogens is 2. The predicted molar refractivity (Wildman–Crippen MR) is 112 cm³/mol. The number of hydrogen-bond donors (Lipinski definition) is 2. The maximum Gasteiger partial charge on any atom is 0.346 e. The minimum atomic E-state index is -1.35. The van der Waals surface area contributed by atoms with E-state index in [9.17, 15) is 28.3 Å². The van der Waals surface area contributed by atoms with Gasteiger partial charge in [0.15, 0.2) is 11.6 Å². The molecule has 0 aliphatic carbocycles. The number of carboxylic acid groups (broad SMARTS) is 1. The smallest absolute Gasteiger partial charge is 0.346 e. The summed E-state index contributed by atoms with van der Waals surface area (Å²) in [7, 11) is 1.31. The van der Waals surface area contributed by atoms with Crippen LogP contribution in [0.25, 0.3) is 16.6 Å². The molecule has 0 saturated heterocycles. The lowest BCUT2D eigenvalue weighted by Crippen LogP contribution is -2.34. The minimum absolute atomic E-state index is 0.00777. The van der Waals surface area contributed by atoms with Crippen molar-refractivity contribution in [2.24, 2.45) is 0 Å². The number of carbonyl (C=O) groups is 1. The number of thiophene rings is 1. The van der Waals surface area contributed by atoms with Crippen LogP contribution in [-0.2, 0) is 6.61 Å². The number of hydrogen-bond acceptors (Lipinski definition) is 6. The summed E-state index contributed by atoms with van der Waals surface area (Å²) in [6, 6.07) is 7.67. The van der Waals surface area contributed by atoms with Crippen molar-refractivity contribution >= 4 is 28.2 Å². The number of nitrogens with zero attached hydrogens (tertiary/aromatic N) is 1. The van der Waals surface area contributed by atoms with Crippen LogP contribution in [0.2, 0.25) is 0 Å². The molecule has 164 valence electrons. The van der Waals surface area contributed by atoms with Gasteiger partial charge in [-0.15, -0.1) is 11.3 Å². The van der Waals surface area contributed by atoms with E-state index in [-0.39, 0.29) is 33.9 Å². The minimum Gasteiger partial charge on any atom is -0.493 e. The zero-order valence-electron chi connectivity index (χ0n) is 16.3. The maximum absolute atomic E-state index is 14.6. The van der Waals surface area contributed by atoms with E-state index in [2.05, 4.69) is 4.98 Å². The van der Waals surface area contributed by atoms with E-state index >= 15 is 0 Å². The van der Waals surface area contributed by atoms with Gasteiger partial charge in [0.2, 0.25) is 0 Å². The van der Waals surface area contributed by atoms with Gasteiger partial charge in [0, 0.05) is 17.0 Å². The summed E-state index contributed by atoms with van der Waals surface area (Å²) in [5.41, 5.74) is -1.92. The first kappa shape index (κ1) is 21.2. The highest BCUT2D eigenvalue weighted by molar-refractivity contribution is 7.13. The Kier molecular flexibility index (Phi) is 5.49. The third-order valence-electron chi connectivity index (χ3n) is 4.65. The van der Waals surface area contributed by atoms with Gasteiger partial charge in [-0.3, -0.25) is 4.79 Å². The Balaban J connectivity index is 1.77. The van der Waals surface area contributed by atoms with Crippen LogP contribution in [0.15, 0.2) is 51.4 Å². The number of rotatable bonds is 6. The molecule has 0 atom stereocenters. The lowest BCUT2D eigenvalue weighted by Gasteiger charge is -2.12. The molecule has 8 nitrogen and oxygen atoms in total. The monoisotopic (exact) mass is 460 g/mol. The number of H-pyrrole nitrogens is 1. The molecule has 0 fully saturated rings. The molecule has 0 bridgehead atoms. The molecule has 2 aromatic heterocycles. The summed E-state index contributed by atoms with van der Waals surface area (Å²) in [6.45, 7) is -0.135. The van der Waals surface area contributed by atoms with Crippen LogP contribution in [-0.4, -0.2) is 27.7 Å². The van der Waals surface area contributed by atoms with E-state index in [1.807, 2.05) is 0 Å². The number of aromatic amines is 1. The van der Waals surface area contributed by atoms with Crippen molar-refractivity contribution in [3.63, 3.8) is 0 Å². The number of ether oxygens (including phenoxy) is 2. The molecule has 0 radical (unpaired) electrons. The van der Waals surface area contributed by atoms with E-state index in [4.69, 9.17) is 9.47 Å². The Bertz CT molecular complexity index is 1470. The van der Waals surface area contributed by atoms with Crippen molar-refractivity contribution in [1.82, 2.24) is 9.55 Å². The van der Waals surface area contributed by atoms with E-state index in [1.165, 1.54) is 30.7 Å². The van der Waals surface area contributed by atoms with Crippen molar-refractivity contribution in [2.45, 2.75) is 6.61 Å². The fourth-order valence-corrected chi connectivity index (χ4v) is 4.05. The van der Waals surface area contributed by atoms with E-state index in [1.54, 1.807) is 6.07 Å². The van der Waals surface area contributed by atoms with E-state index in [0.717, 1.165) is 23.5 Å². The average Bonchev–Trinajstić information content (AvgIpc) is 3.18. The molecule has 0 amide bonds. The second kappa shape index (κ2) is 8.27. The summed E-state index contributed by atoms with van der Waals surface area (Å²) >= 11 is 0.771. The van der Waals surface area contributed by atoms with Gasteiger partial charge in [0.1, 0.15) is 23.1 Å². The Labute approximate surface area is 181 Å². The van der Waals surface area contributed by atoms with E-state index in [0.29, 0.717) is 10.1 Å². The fourth-order valence-electron chi connectivity index (χ4n) is 3.22. The molecule has 4 aromatic rings. The summed E-state index contributed by atoms with van der Waals surface area (Å²) in [6.07, 6.45) is 0. The zero-order valence-corrected chi connectivity index (χ0v) is 17.2. The van der Waals surface area contributed by atoms with Crippen LogP contribution < -0.4 is 20.7 Å². The Morgan fingerprint density at radius 1 is 1.19 bits per heavy atom. The van der Waals surface area contributed by atoms with Crippen molar-refractivity contribution in [2.75, 3.05) is 7.11 Å². The molecule has 0 saturated carbocycles. The quantitative estimate of drug-likeness (QED) is 0.457. The third-order valence-corrected chi connectivity index (χ3v) is 5.62. The van der Waals surface area contributed by atoms with Crippen molar-refractivity contribution in [3.05, 3.63) is 84.7 Å². The molecular formula is C21H14F2N2O6S. The normalized spacial score (nSPS) is 11.0. The number of fused-ring (bicyclic) bond motifs is 1. The van der Waals surface area contributed by atoms with Gasteiger partial charge in [-0.2, -0.15) is 0 Å². The Morgan fingerprint density at radius 3 is 2.69 bits per heavy atom. The first-order chi connectivity index (χ1) is 15.3. The summed E-state index contributed by atoms with van der Waals surface area (Å²) in [5, 5.41) is 10.4. The summed E-state index contributed by atoms with van der Waals surface area (Å²) < 4.78 is 39.5. The first-order valence-corrected chi connectivity index (χ1v) is 9.93. The van der Waals surface area contributed by atoms with Crippen molar-refractivity contribution in [3.8, 4) is 17.2 Å². The number of nitrogens with one attached hydrogen (secondary N) is 1. The van der Waals surface area contributed by atoms with Crippen LogP contribution in [0, 0.1) is 11.6 Å². The van der Waals surface area contributed by atoms with E-state index < -0.39 is 34.5 Å². The second-order valence-corrected chi connectivity index (χ2v) is 7.44. The molecular weight excluding hydrogens is 446 g/mol. The number of carboxylic acids is 1. The molecule has 2 N–H and O–H groups in total. The zero-order chi connectivity index (χ0) is 23.0. The highest BCUT2D eigenvalue weighted by atomic mass is 32.1. The Hall–Kier alpha value is -3.99. The third kappa shape index (κ3) is 3.62. The molecule has 0 unspecified atom stereocenters. The lowest BCUT2D eigenvalue weighted by atomic mass is 10.2. The van der Waals surface area contributed by atoms with Crippen molar-refractivity contribution in [1.29, 1.82) is 0 Å². The number of benzene rings is 2. The Morgan fingerprint density at radius 2 is 1.97 bits per heavy atom. The summed E-state index contributed by atoms with van der Waals surface area (Å²) in [5.74, 6) is -2.75. The molecule has 2 heterocycles. The topological polar surface area (TPSA) is 111 Å². The van der Waals surface area contributed by atoms with Crippen LogP contribution in [0.4, 0.5) is 8.78 Å². The van der Waals surface area contributed by atoms with Crippen molar-refractivity contribution < 1.29 is 28.2 Å². The average molecular weight is 460 g/mol. The molecule has 2 aromatic carbocycles. The summed E-state index contributed by atoms with van der Waals surface area (Å²) in [4.78, 5) is 38.9. The highest BCUT2D eigenvalue weighted by Gasteiger charge is 2.21. The maximum atomic E-state index is 14.6. The SMILES string of the molecule is COc1c(F)cccc1COc1ccc(F)c(-n2c(=O)[nH]c3csc(C(=O)O)c3c2=O)c1. The highest BCUT2D eigenvalue weighted by Crippen LogP contribution is 2.26. The van der Waals surface area contributed by atoms with Gasteiger partial charge in [-0.1, -0.05) is 12.1 Å².